The molecule has 1 aliphatic rings. The lowest BCUT2D eigenvalue weighted by molar-refractivity contribution is 0.194. The van der Waals surface area contributed by atoms with Crippen LogP contribution < -0.4 is 10.6 Å². The quantitative estimate of drug-likeness (QED) is 0.712. The molecule has 1 saturated heterocycles. The standard InChI is InChI=1S/C21H27N3O2/c25-21(26)22-13-10-17-6-8-19(9-7-17)23-20-11-14-24(15-12-20)16-18-4-2-1-3-5-18/h1-9,20,22-23H,10-16H2,(H,25,26). The number of carboxylic acid groups (broad SMARTS) is 1. The number of benzene rings is 2. The van der Waals surface area contributed by atoms with Crippen molar-refractivity contribution in [2.75, 3.05) is 25.0 Å². The number of nitrogens with zero attached hydrogens (tertiary/aromatic N) is 1. The van der Waals surface area contributed by atoms with E-state index in [1.807, 2.05) is 0 Å². The van der Waals surface area contributed by atoms with E-state index < -0.39 is 6.09 Å². The van der Waals surface area contributed by atoms with Crippen LogP contribution in [0.3, 0.4) is 0 Å². The van der Waals surface area contributed by atoms with E-state index in [1.54, 1.807) is 0 Å². The highest BCUT2D eigenvalue weighted by atomic mass is 16.4. The molecule has 0 spiro atoms. The lowest BCUT2D eigenvalue weighted by Gasteiger charge is -2.33. The van der Waals surface area contributed by atoms with Crippen molar-refractivity contribution in [3.63, 3.8) is 0 Å². The minimum Gasteiger partial charge on any atom is -0.465 e. The summed E-state index contributed by atoms with van der Waals surface area (Å²) >= 11 is 0. The van der Waals surface area contributed by atoms with Crippen LogP contribution in [0.15, 0.2) is 54.6 Å². The molecular weight excluding hydrogens is 326 g/mol. The molecule has 0 unspecified atom stereocenters. The maximum Gasteiger partial charge on any atom is 0.404 e. The summed E-state index contributed by atoms with van der Waals surface area (Å²) in [6, 6.07) is 19.5. The van der Waals surface area contributed by atoms with E-state index in [9.17, 15) is 4.79 Å². The van der Waals surface area contributed by atoms with E-state index >= 15 is 0 Å². The van der Waals surface area contributed by atoms with Crippen LogP contribution in [0.1, 0.15) is 24.0 Å². The minimum absolute atomic E-state index is 0.446. The first kappa shape index (κ1) is 18.3. The average Bonchev–Trinajstić information content (AvgIpc) is 2.65. The van der Waals surface area contributed by atoms with E-state index in [0.717, 1.165) is 43.7 Å². The second-order valence-corrected chi connectivity index (χ2v) is 6.86. The van der Waals surface area contributed by atoms with Gasteiger partial charge < -0.3 is 15.7 Å². The maximum atomic E-state index is 10.5. The fraction of sp³-hybridized carbons (Fsp3) is 0.381. The molecule has 0 radical (unpaired) electrons. The molecule has 1 amide bonds. The van der Waals surface area contributed by atoms with Crippen LogP contribution in [0.2, 0.25) is 0 Å². The van der Waals surface area contributed by atoms with Crippen LogP contribution in [-0.4, -0.2) is 41.8 Å². The highest BCUT2D eigenvalue weighted by molar-refractivity contribution is 5.64. The fourth-order valence-electron chi connectivity index (χ4n) is 3.39. The first-order valence-electron chi connectivity index (χ1n) is 9.27. The Kier molecular flexibility index (Phi) is 6.50. The van der Waals surface area contributed by atoms with Gasteiger partial charge >= 0.3 is 6.09 Å². The summed E-state index contributed by atoms with van der Waals surface area (Å²) in [7, 11) is 0. The molecule has 3 rings (SSSR count). The van der Waals surface area contributed by atoms with Gasteiger partial charge in [-0.05, 0) is 42.5 Å². The number of anilines is 1. The predicted molar refractivity (Wildman–Crippen MR) is 105 cm³/mol. The largest absolute Gasteiger partial charge is 0.465 e. The van der Waals surface area contributed by atoms with Crippen LogP contribution >= 0.6 is 0 Å². The molecule has 5 nitrogen and oxygen atoms in total. The van der Waals surface area contributed by atoms with Gasteiger partial charge in [-0.25, -0.2) is 4.79 Å². The van der Waals surface area contributed by atoms with Gasteiger partial charge in [-0.1, -0.05) is 42.5 Å². The molecule has 26 heavy (non-hydrogen) atoms. The van der Waals surface area contributed by atoms with Crippen molar-refractivity contribution in [3.8, 4) is 0 Å². The Hall–Kier alpha value is -2.53. The molecule has 2 aromatic rings. The summed E-state index contributed by atoms with van der Waals surface area (Å²) in [6.45, 7) is 3.71. The molecule has 1 fully saturated rings. The summed E-state index contributed by atoms with van der Waals surface area (Å²) in [5.41, 5.74) is 3.66. The number of carbonyl (C=O) groups is 1. The van der Waals surface area contributed by atoms with Crippen molar-refractivity contribution in [1.82, 2.24) is 10.2 Å². The molecule has 1 heterocycles. The van der Waals surface area contributed by atoms with Crippen LogP contribution in [0.25, 0.3) is 0 Å². The first-order chi connectivity index (χ1) is 12.7. The molecule has 0 bridgehead atoms. The minimum atomic E-state index is -0.970. The highest BCUT2D eigenvalue weighted by Crippen LogP contribution is 2.19. The highest BCUT2D eigenvalue weighted by Gasteiger charge is 2.18. The monoisotopic (exact) mass is 353 g/mol. The Labute approximate surface area is 155 Å². The van der Waals surface area contributed by atoms with E-state index in [2.05, 4.69) is 70.1 Å². The van der Waals surface area contributed by atoms with Crippen molar-refractivity contribution in [2.45, 2.75) is 31.8 Å². The van der Waals surface area contributed by atoms with Gasteiger partial charge in [-0.2, -0.15) is 0 Å². The summed E-state index contributed by atoms with van der Waals surface area (Å²) in [5.74, 6) is 0. The molecule has 0 saturated carbocycles. The SMILES string of the molecule is O=C(O)NCCc1ccc(NC2CCN(Cc3ccccc3)CC2)cc1. The van der Waals surface area contributed by atoms with Gasteiger partial charge in [-0.3, -0.25) is 4.90 Å². The number of amides is 1. The van der Waals surface area contributed by atoms with E-state index in [1.165, 1.54) is 5.56 Å². The first-order valence-corrected chi connectivity index (χ1v) is 9.27. The van der Waals surface area contributed by atoms with Crippen LogP contribution in [0.4, 0.5) is 10.5 Å². The molecule has 1 aliphatic heterocycles. The molecule has 0 atom stereocenters. The Morgan fingerprint density at radius 3 is 2.35 bits per heavy atom. The lowest BCUT2D eigenvalue weighted by atomic mass is 10.0. The Morgan fingerprint density at radius 2 is 1.69 bits per heavy atom. The van der Waals surface area contributed by atoms with Crippen molar-refractivity contribution in [1.29, 1.82) is 0 Å². The van der Waals surface area contributed by atoms with Gasteiger partial charge in [0.05, 0.1) is 0 Å². The summed E-state index contributed by atoms with van der Waals surface area (Å²) in [4.78, 5) is 13.0. The number of nitrogens with one attached hydrogen (secondary N) is 2. The Morgan fingerprint density at radius 1 is 1.00 bits per heavy atom. The molecule has 138 valence electrons. The van der Waals surface area contributed by atoms with Gasteiger partial charge in [0.15, 0.2) is 0 Å². The third-order valence-corrected chi connectivity index (χ3v) is 4.85. The second-order valence-electron chi connectivity index (χ2n) is 6.86. The van der Waals surface area contributed by atoms with Crippen molar-refractivity contribution in [3.05, 3.63) is 65.7 Å². The normalized spacial score (nSPS) is 15.5. The van der Waals surface area contributed by atoms with Gasteiger partial charge in [0, 0.05) is 37.9 Å². The number of hydrogen-bond donors (Lipinski definition) is 3. The summed E-state index contributed by atoms with van der Waals surface area (Å²) < 4.78 is 0. The van der Waals surface area contributed by atoms with Crippen LogP contribution in [0, 0.1) is 0 Å². The Balaban J connectivity index is 1.40. The third-order valence-electron chi connectivity index (χ3n) is 4.85. The number of hydrogen-bond acceptors (Lipinski definition) is 3. The molecule has 3 N–H and O–H groups in total. The lowest BCUT2D eigenvalue weighted by Crippen LogP contribution is -2.38. The summed E-state index contributed by atoms with van der Waals surface area (Å²) in [5, 5.41) is 14.6. The zero-order valence-electron chi connectivity index (χ0n) is 15.0. The van der Waals surface area contributed by atoms with Gasteiger partial charge in [0.1, 0.15) is 0 Å². The zero-order valence-corrected chi connectivity index (χ0v) is 15.0. The molecule has 0 aliphatic carbocycles. The van der Waals surface area contributed by atoms with Gasteiger partial charge in [0.25, 0.3) is 0 Å². The fourth-order valence-corrected chi connectivity index (χ4v) is 3.39. The second kappa shape index (κ2) is 9.25. The van der Waals surface area contributed by atoms with E-state index in [0.29, 0.717) is 19.0 Å². The third kappa shape index (κ3) is 5.77. The summed E-state index contributed by atoms with van der Waals surface area (Å²) in [6.07, 6.45) is 2.04. The van der Waals surface area contributed by atoms with Crippen LogP contribution in [-0.2, 0) is 13.0 Å². The maximum absolute atomic E-state index is 10.5. The molecular formula is C21H27N3O2. The Bertz CT molecular complexity index is 680. The topological polar surface area (TPSA) is 64.6 Å². The van der Waals surface area contributed by atoms with E-state index in [4.69, 9.17) is 5.11 Å². The molecule has 0 aromatic heterocycles. The number of rotatable bonds is 7. The number of piperidine rings is 1. The number of likely N-dealkylation sites (tertiary alicyclic amines) is 1. The predicted octanol–water partition coefficient (Wildman–Crippen LogP) is 3.57. The molecule has 5 heteroatoms. The van der Waals surface area contributed by atoms with Gasteiger partial charge in [0.2, 0.25) is 0 Å². The average molecular weight is 353 g/mol. The zero-order chi connectivity index (χ0) is 18.2. The van der Waals surface area contributed by atoms with Crippen molar-refractivity contribution in [2.24, 2.45) is 0 Å². The van der Waals surface area contributed by atoms with Gasteiger partial charge in [-0.15, -0.1) is 0 Å². The van der Waals surface area contributed by atoms with Crippen molar-refractivity contribution < 1.29 is 9.90 Å². The van der Waals surface area contributed by atoms with Crippen LogP contribution in [0.5, 0.6) is 0 Å². The van der Waals surface area contributed by atoms with E-state index in [-0.39, 0.29) is 0 Å². The van der Waals surface area contributed by atoms with Crippen molar-refractivity contribution >= 4 is 11.8 Å². The smallest absolute Gasteiger partial charge is 0.404 e. The molecule has 2 aromatic carbocycles.